The van der Waals surface area contributed by atoms with Gasteiger partial charge in [-0.25, -0.2) is 9.37 Å². The fourth-order valence-electron chi connectivity index (χ4n) is 3.36. The second-order valence-corrected chi connectivity index (χ2v) is 7.00. The third-order valence-corrected chi connectivity index (χ3v) is 4.93. The largest absolute Gasteiger partial charge is 0.441 e. The molecule has 2 aromatic rings. The van der Waals surface area contributed by atoms with E-state index in [1.165, 1.54) is 18.3 Å². The average Bonchev–Trinajstić information content (AvgIpc) is 3.17. The van der Waals surface area contributed by atoms with Gasteiger partial charge in [-0.1, -0.05) is 19.3 Å². The zero-order valence-electron chi connectivity index (χ0n) is 15.5. The highest BCUT2D eigenvalue weighted by molar-refractivity contribution is 6.04. The first-order chi connectivity index (χ1) is 13.6. The molecule has 1 unspecified atom stereocenters. The van der Waals surface area contributed by atoms with Crippen molar-refractivity contribution in [3.63, 3.8) is 0 Å². The van der Waals surface area contributed by atoms with Crippen LogP contribution in [0.25, 0.3) is 11.3 Å². The summed E-state index contributed by atoms with van der Waals surface area (Å²) < 4.78 is 18.6. The van der Waals surface area contributed by atoms with Gasteiger partial charge in [-0.2, -0.15) is 5.26 Å². The summed E-state index contributed by atoms with van der Waals surface area (Å²) in [6, 6.07) is 7.66. The number of hydrogen-bond donors (Lipinski definition) is 1. The van der Waals surface area contributed by atoms with Crippen LogP contribution in [0, 0.1) is 23.1 Å². The normalized spacial score (nSPS) is 15.6. The summed E-state index contributed by atoms with van der Waals surface area (Å²) in [7, 11) is 0. The zero-order chi connectivity index (χ0) is 19.9. The molecular formula is C21H22FN3O3. The van der Waals surface area contributed by atoms with Crippen molar-refractivity contribution in [2.75, 3.05) is 0 Å². The molecule has 1 saturated carbocycles. The van der Waals surface area contributed by atoms with E-state index in [1.807, 2.05) is 6.07 Å². The van der Waals surface area contributed by atoms with E-state index in [-0.39, 0.29) is 24.7 Å². The number of aryl methyl sites for hydroxylation is 1. The molecule has 1 N–H and O–H groups in total. The Morgan fingerprint density at radius 3 is 2.64 bits per heavy atom. The molecule has 1 atom stereocenters. The SMILES string of the molecule is N#CC(C(=O)CCc1ncc(-c2ccc(F)cc2)o1)C(=O)NC1CCCCC1. The van der Waals surface area contributed by atoms with Gasteiger partial charge in [-0.3, -0.25) is 9.59 Å². The minimum atomic E-state index is -1.31. The fraction of sp³-hybridized carbons (Fsp3) is 0.429. The van der Waals surface area contributed by atoms with E-state index in [1.54, 1.807) is 12.1 Å². The van der Waals surface area contributed by atoms with E-state index in [9.17, 15) is 19.2 Å². The molecule has 146 valence electrons. The molecule has 7 heteroatoms. The first-order valence-corrected chi connectivity index (χ1v) is 9.50. The molecule has 1 aromatic carbocycles. The first kappa shape index (κ1) is 19.7. The molecule has 1 aliphatic carbocycles. The third-order valence-electron chi connectivity index (χ3n) is 4.93. The van der Waals surface area contributed by atoms with Gasteiger partial charge >= 0.3 is 0 Å². The van der Waals surface area contributed by atoms with E-state index >= 15 is 0 Å². The minimum Gasteiger partial charge on any atom is -0.441 e. The number of Topliss-reactive ketones (excluding diaryl/α,β-unsaturated/α-hetero) is 1. The molecule has 0 saturated heterocycles. The summed E-state index contributed by atoms with van der Waals surface area (Å²) in [4.78, 5) is 28.8. The predicted octanol–water partition coefficient (Wildman–Crippen LogP) is 3.57. The highest BCUT2D eigenvalue weighted by Gasteiger charge is 2.28. The number of nitrogens with one attached hydrogen (secondary N) is 1. The van der Waals surface area contributed by atoms with Crippen LogP contribution >= 0.6 is 0 Å². The number of benzene rings is 1. The summed E-state index contributed by atoms with van der Waals surface area (Å²) in [5, 5.41) is 12.1. The number of halogens is 1. The number of amides is 1. The molecule has 0 radical (unpaired) electrons. The molecular weight excluding hydrogens is 361 g/mol. The highest BCUT2D eigenvalue weighted by atomic mass is 19.1. The molecule has 0 spiro atoms. The number of hydrogen-bond acceptors (Lipinski definition) is 5. The van der Waals surface area contributed by atoms with Gasteiger partial charge in [0.1, 0.15) is 5.82 Å². The van der Waals surface area contributed by atoms with Gasteiger partial charge in [-0.05, 0) is 37.1 Å². The van der Waals surface area contributed by atoms with E-state index in [0.717, 1.165) is 32.1 Å². The Bertz CT molecular complexity index is 864. The van der Waals surface area contributed by atoms with Crippen LogP contribution in [0.4, 0.5) is 4.39 Å². The summed E-state index contributed by atoms with van der Waals surface area (Å²) >= 11 is 0. The van der Waals surface area contributed by atoms with Crippen molar-refractivity contribution in [2.24, 2.45) is 5.92 Å². The number of rotatable bonds is 7. The van der Waals surface area contributed by atoms with Crippen LogP contribution in [0.2, 0.25) is 0 Å². The summed E-state index contributed by atoms with van der Waals surface area (Å²) in [5.41, 5.74) is 0.674. The Kier molecular flexibility index (Phi) is 6.53. The molecule has 1 aliphatic rings. The lowest BCUT2D eigenvalue weighted by Gasteiger charge is -2.23. The Morgan fingerprint density at radius 1 is 1.25 bits per heavy atom. The number of aromatic nitrogens is 1. The fourth-order valence-corrected chi connectivity index (χ4v) is 3.36. The van der Waals surface area contributed by atoms with Gasteiger partial charge in [0, 0.05) is 24.4 Å². The van der Waals surface area contributed by atoms with Gasteiger partial charge in [0.05, 0.1) is 12.3 Å². The standard InChI is InChI=1S/C21H22FN3O3/c22-15-8-6-14(7-9-15)19-13-24-20(28-19)11-10-18(26)17(12-23)21(27)25-16-4-2-1-3-5-16/h6-9,13,16-17H,1-5,10-11H2,(H,25,27). The van der Waals surface area contributed by atoms with E-state index in [4.69, 9.17) is 4.42 Å². The second kappa shape index (κ2) is 9.27. The van der Waals surface area contributed by atoms with Crippen molar-refractivity contribution in [3.8, 4) is 17.4 Å². The number of carbonyl (C=O) groups is 2. The van der Waals surface area contributed by atoms with Crippen molar-refractivity contribution < 1.29 is 18.4 Å². The van der Waals surface area contributed by atoms with Gasteiger partial charge in [0.2, 0.25) is 5.91 Å². The van der Waals surface area contributed by atoms with Crippen molar-refractivity contribution in [1.82, 2.24) is 10.3 Å². The van der Waals surface area contributed by atoms with E-state index in [0.29, 0.717) is 17.2 Å². The van der Waals surface area contributed by atoms with Crippen molar-refractivity contribution in [2.45, 2.75) is 51.0 Å². The zero-order valence-corrected chi connectivity index (χ0v) is 15.5. The van der Waals surface area contributed by atoms with Crippen LogP contribution < -0.4 is 5.32 Å². The Morgan fingerprint density at radius 2 is 1.96 bits per heavy atom. The highest BCUT2D eigenvalue weighted by Crippen LogP contribution is 2.22. The van der Waals surface area contributed by atoms with E-state index < -0.39 is 17.6 Å². The smallest absolute Gasteiger partial charge is 0.245 e. The molecule has 1 aromatic heterocycles. The van der Waals surface area contributed by atoms with Crippen molar-refractivity contribution in [3.05, 3.63) is 42.2 Å². The molecule has 0 bridgehead atoms. The van der Waals surface area contributed by atoms with Crippen LogP contribution in [0.3, 0.4) is 0 Å². The Labute approximate surface area is 162 Å². The second-order valence-electron chi connectivity index (χ2n) is 7.00. The molecule has 1 heterocycles. The lowest BCUT2D eigenvalue weighted by molar-refractivity contribution is -0.132. The van der Waals surface area contributed by atoms with Gasteiger partial charge in [-0.15, -0.1) is 0 Å². The minimum absolute atomic E-state index is 0.0142. The van der Waals surface area contributed by atoms with Crippen LogP contribution in [0.15, 0.2) is 34.9 Å². The number of nitriles is 1. The number of oxazole rings is 1. The topological polar surface area (TPSA) is 96.0 Å². The molecule has 28 heavy (non-hydrogen) atoms. The molecule has 6 nitrogen and oxygen atoms in total. The summed E-state index contributed by atoms with van der Waals surface area (Å²) in [5.74, 6) is -1.82. The quantitative estimate of drug-likeness (QED) is 0.738. The Balaban J connectivity index is 1.54. The monoisotopic (exact) mass is 383 g/mol. The van der Waals surface area contributed by atoms with Crippen LogP contribution in [0.5, 0.6) is 0 Å². The van der Waals surface area contributed by atoms with Crippen LogP contribution in [0.1, 0.15) is 44.4 Å². The lowest BCUT2D eigenvalue weighted by atomic mass is 9.94. The maximum atomic E-state index is 13.0. The molecule has 3 rings (SSSR count). The summed E-state index contributed by atoms with van der Waals surface area (Å²) in [6.45, 7) is 0. The van der Waals surface area contributed by atoms with E-state index in [2.05, 4.69) is 10.3 Å². The number of ketones is 1. The molecule has 0 aliphatic heterocycles. The molecule has 1 fully saturated rings. The predicted molar refractivity (Wildman–Crippen MR) is 99.3 cm³/mol. The lowest BCUT2D eigenvalue weighted by Crippen LogP contribution is -2.42. The number of carbonyl (C=O) groups excluding carboxylic acids is 2. The molecule has 1 amide bonds. The van der Waals surface area contributed by atoms with Crippen LogP contribution in [-0.4, -0.2) is 22.7 Å². The maximum Gasteiger partial charge on any atom is 0.245 e. The van der Waals surface area contributed by atoms with Gasteiger partial charge in [0.25, 0.3) is 0 Å². The van der Waals surface area contributed by atoms with Crippen LogP contribution in [-0.2, 0) is 16.0 Å². The van der Waals surface area contributed by atoms with Gasteiger partial charge < -0.3 is 9.73 Å². The number of nitrogens with zero attached hydrogens (tertiary/aromatic N) is 2. The Hall–Kier alpha value is -3.01. The maximum absolute atomic E-state index is 13.0. The third kappa shape index (κ3) is 5.03. The summed E-state index contributed by atoms with van der Waals surface area (Å²) in [6.07, 6.45) is 6.72. The average molecular weight is 383 g/mol. The first-order valence-electron chi connectivity index (χ1n) is 9.50. The van der Waals surface area contributed by atoms with Gasteiger partial charge in [0.15, 0.2) is 23.4 Å². The van der Waals surface area contributed by atoms with Crippen molar-refractivity contribution in [1.29, 1.82) is 5.26 Å². The van der Waals surface area contributed by atoms with Crippen molar-refractivity contribution >= 4 is 11.7 Å².